The van der Waals surface area contributed by atoms with Crippen LogP contribution in [-0.4, -0.2) is 60.1 Å². The molecule has 0 saturated carbocycles. The molecule has 0 fully saturated rings. The minimum atomic E-state index is -1.13. The highest BCUT2D eigenvalue weighted by Gasteiger charge is 2.29. The van der Waals surface area contributed by atoms with Crippen molar-refractivity contribution in [3.63, 3.8) is 0 Å². The number of aliphatic imine (C=N–C) groups is 1. The predicted octanol–water partition coefficient (Wildman–Crippen LogP) is -1.79. The van der Waals surface area contributed by atoms with E-state index in [1.54, 1.807) is 13.8 Å². The van der Waals surface area contributed by atoms with Gasteiger partial charge in [-0.2, -0.15) is 0 Å². The molecule has 0 bridgehead atoms. The summed E-state index contributed by atoms with van der Waals surface area (Å²) >= 11 is 0. The lowest BCUT2D eigenvalue weighted by Gasteiger charge is -2.25. The highest BCUT2D eigenvalue weighted by Crippen LogP contribution is 2.07. The molecule has 0 radical (unpaired) electrons. The zero-order valence-corrected chi connectivity index (χ0v) is 16.7. The molecule has 0 aromatic rings. The molecule has 3 atom stereocenters. The average molecular weight is 402 g/mol. The summed E-state index contributed by atoms with van der Waals surface area (Å²) in [6.45, 7) is 4.30. The fourth-order valence-electron chi connectivity index (χ4n) is 2.46. The number of nitrogens with two attached hydrogens (primary N) is 4. The second-order valence-corrected chi connectivity index (χ2v) is 6.97. The number of hydrogen-bond acceptors (Lipinski definition) is 6. The summed E-state index contributed by atoms with van der Waals surface area (Å²) in [6, 6.07) is -2.76. The fourth-order valence-corrected chi connectivity index (χ4v) is 2.46. The second kappa shape index (κ2) is 13.7. The van der Waals surface area contributed by atoms with E-state index < -0.39 is 35.9 Å². The highest BCUT2D eigenvalue weighted by atomic mass is 16.4. The van der Waals surface area contributed by atoms with Crippen molar-refractivity contribution in [2.75, 3.05) is 13.1 Å². The Kier molecular flexibility index (Phi) is 12.5. The van der Waals surface area contributed by atoms with E-state index in [4.69, 9.17) is 22.9 Å². The predicted molar refractivity (Wildman–Crippen MR) is 107 cm³/mol. The lowest BCUT2D eigenvalue weighted by Crippen LogP contribution is -2.56. The number of carboxylic acid groups (broad SMARTS) is 1. The number of carboxylic acids is 1. The van der Waals surface area contributed by atoms with E-state index in [0.29, 0.717) is 38.8 Å². The Morgan fingerprint density at radius 1 is 1.00 bits per heavy atom. The first-order valence-corrected chi connectivity index (χ1v) is 9.44. The summed E-state index contributed by atoms with van der Waals surface area (Å²) < 4.78 is 0. The molecule has 0 aliphatic carbocycles. The van der Waals surface area contributed by atoms with Crippen LogP contribution in [0.15, 0.2) is 4.99 Å². The lowest BCUT2D eigenvalue weighted by atomic mass is 10.0. The van der Waals surface area contributed by atoms with Crippen molar-refractivity contribution >= 4 is 23.7 Å². The number of hydrogen-bond donors (Lipinski definition) is 7. The quantitative estimate of drug-likeness (QED) is 0.0999. The van der Waals surface area contributed by atoms with E-state index in [-0.39, 0.29) is 18.3 Å². The zero-order valence-electron chi connectivity index (χ0n) is 16.7. The molecule has 0 aromatic heterocycles. The molecule has 2 amide bonds. The van der Waals surface area contributed by atoms with E-state index in [9.17, 15) is 19.5 Å². The van der Waals surface area contributed by atoms with Gasteiger partial charge in [-0.25, -0.2) is 4.79 Å². The van der Waals surface area contributed by atoms with Gasteiger partial charge in [-0.3, -0.25) is 14.6 Å². The third-order valence-corrected chi connectivity index (χ3v) is 4.11. The zero-order chi connectivity index (χ0) is 21.7. The first-order valence-electron chi connectivity index (χ1n) is 9.44. The minimum Gasteiger partial charge on any atom is -0.480 e. The number of unbranched alkanes of at least 4 members (excludes halogenated alkanes) is 1. The van der Waals surface area contributed by atoms with Crippen LogP contribution in [0.1, 0.15) is 46.0 Å². The van der Waals surface area contributed by atoms with Gasteiger partial charge in [0.05, 0.1) is 6.04 Å². The Hall–Kier alpha value is -2.40. The van der Waals surface area contributed by atoms with Gasteiger partial charge in [0, 0.05) is 6.54 Å². The number of aliphatic carboxylic acids is 1. The van der Waals surface area contributed by atoms with Gasteiger partial charge in [0.15, 0.2) is 5.96 Å². The maximum absolute atomic E-state index is 12.5. The summed E-state index contributed by atoms with van der Waals surface area (Å²) in [7, 11) is 0. The van der Waals surface area contributed by atoms with Crippen LogP contribution in [0.25, 0.3) is 0 Å². The molecule has 11 N–H and O–H groups in total. The fraction of sp³-hybridized carbons (Fsp3) is 0.765. The van der Waals surface area contributed by atoms with E-state index >= 15 is 0 Å². The summed E-state index contributed by atoms with van der Waals surface area (Å²) in [5, 5.41) is 14.4. The summed E-state index contributed by atoms with van der Waals surface area (Å²) in [5.41, 5.74) is 21.7. The van der Waals surface area contributed by atoms with Gasteiger partial charge in [-0.15, -0.1) is 0 Å². The molecule has 11 heteroatoms. The van der Waals surface area contributed by atoms with Gasteiger partial charge >= 0.3 is 5.97 Å². The maximum atomic E-state index is 12.5. The van der Waals surface area contributed by atoms with E-state index in [1.807, 2.05) is 0 Å². The topological polar surface area (TPSA) is 212 Å². The third kappa shape index (κ3) is 10.7. The number of carbonyl (C=O) groups excluding carboxylic acids is 2. The van der Waals surface area contributed by atoms with E-state index in [1.165, 1.54) is 0 Å². The first-order chi connectivity index (χ1) is 13.1. The van der Waals surface area contributed by atoms with Crippen LogP contribution in [0.2, 0.25) is 0 Å². The Morgan fingerprint density at radius 3 is 2.14 bits per heavy atom. The van der Waals surface area contributed by atoms with E-state index in [2.05, 4.69) is 15.6 Å². The number of rotatable bonds is 14. The van der Waals surface area contributed by atoms with E-state index in [0.717, 1.165) is 0 Å². The lowest BCUT2D eigenvalue weighted by molar-refractivity contribution is -0.142. The molecular weight excluding hydrogens is 366 g/mol. The Bertz CT molecular complexity index is 536. The Labute approximate surface area is 165 Å². The van der Waals surface area contributed by atoms with Crippen molar-refractivity contribution in [1.29, 1.82) is 0 Å². The molecule has 0 aromatic carbocycles. The Balaban J connectivity index is 4.76. The first kappa shape index (κ1) is 25.6. The van der Waals surface area contributed by atoms with Crippen LogP contribution in [0.5, 0.6) is 0 Å². The van der Waals surface area contributed by atoms with Crippen molar-refractivity contribution in [2.24, 2.45) is 33.8 Å². The molecule has 0 spiro atoms. The van der Waals surface area contributed by atoms with Crippen molar-refractivity contribution in [2.45, 2.75) is 64.1 Å². The Morgan fingerprint density at radius 2 is 1.64 bits per heavy atom. The molecule has 11 nitrogen and oxygen atoms in total. The third-order valence-electron chi connectivity index (χ3n) is 4.11. The molecule has 0 aliphatic heterocycles. The van der Waals surface area contributed by atoms with Gasteiger partial charge in [-0.1, -0.05) is 13.8 Å². The number of nitrogens with zero attached hydrogens (tertiary/aromatic N) is 1. The molecule has 0 heterocycles. The minimum absolute atomic E-state index is 0.0333. The molecule has 0 unspecified atom stereocenters. The maximum Gasteiger partial charge on any atom is 0.326 e. The molecule has 0 saturated heterocycles. The number of carbonyl (C=O) groups is 3. The van der Waals surface area contributed by atoms with Crippen LogP contribution in [0, 0.1) is 5.92 Å². The second-order valence-electron chi connectivity index (χ2n) is 6.97. The normalized spacial score (nSPS) is 14.0. The van der Waals surface area contributed by atoms with Crippen LogP contribution < -0.4 is 33.6 Å². The summed E-state index contributed by atoms with van der Waals surface area (Å²) in [6.07, 6.45) is 2.35. The molecular formula is C17H35N7O4. The largest absolute Gasteiger partial charge is 0.480 e. The summed E-state index contributed by atoms with van der Waals surface area (Å²) in [5.74, 6) is -2.47. The molecule has 0 rings (SSSR count). The molecule has 162 valence electrons. The standard InChI is InChI=1S/C17H35N7O4/c1-10(2)13(15(26)23-12(16(27)28)7-3-4-8-18)24-14(25)11(19)6-5-9-22-17(20)21/h10-13H,3-9,18-19H2,1-2H3,(H,23,26)(H,24,25)(H,27,28)(H4,20,21,22)/t11-,12-,13-/m0/s1. The van der Waals surface area contributed by atoms with Crippen molar-refractivity contribution in [3.05, 3.63) is 0 Å². The highest BCUT2D eigenvalue weighted by molar-refractivity contribution is 5.91. The van der Waals surface area contributed by atoms with Crippen molar-refractivity contribution in [3.8, 4) is 0 Å². The SMILES string of the molecule is CC(C)[C@H](NC(=O)[C@@H](N)CCCN=C(N)N)C(=O)N[C@@H](CCCCN)C(=O)O. The number of nitrogens with one attached hydrogen (secondary N) is 2. The number of guanidine groups is 1. The van der Waals surface area contributed by atoms with Crippen LogP contribution in [0.3, 0.4) is 0 Å². The summed E-state index contributed by atoms with van der Waals surface area (Å²) in [4.78, 5) is 40.0. The van der Waals surface area contributed by atoms with Crippen molar-refractivity contribution < 1.29 is 19.5 Å². The van der Waals surface area contributed by atoms with Crippen LogP contribution in [0.4, 0.5) is 0 Å². The molecule has 0 aliphatic rings. The van der Waals surface area contributed by atoms with Gasteiger partial charge in [0.25, 0.3) is 0 Å². The van der Waals surface area contributed by atoms with Crippen molar-refractivity contribution in [1.82, 2.24) is 10.6 Å². The smallest absolute Gasteiger partial charge is 0.326 e. The van der Waals surface area contributed by atoms with Crippen LogP contribution >= 0.6 is 0 Å². The monoisotopic (exact) mass is 401 g/mol. The van der Waals surface area contributed by atoms with Gasteiger partial charge < -0.3 is 38.7 Å². The van der Waals surface area contributed by atoms with Gasteiger partial charge in [0.1, 0.15) is 12.1 Å². The van der Waals surface area contributed by atoms with Gasteiger partial charge in [-0.05, 0) is 44.6 Å². The number of amides is 2. The molecule has 28 heavy (non-hydrogen) atoms. The average Bonchev–Trinajstić information content (AvgIpc) is 2.61. The van der Waals surface area contributed by atoms with Crippen LogP contribution in [-0.2, 0) is 14.4 Å². The van der Waals surface area contributed by atoms with Gasteiger partial charge in [0.2, 0.25) is 11.8 Å².